The minimum atomic E-state index is -0.397. The van der Waals surface area contributed by atoms with Gasteiger partial charge in [-0.2, -0.15) is 0 Å². The predicted octanol–water partition coefficient (Wildman–Crippen LogP) is 4.00. The van der Waals surface area contributed by atoms with Gasteiger partial charge in [0, 0.05) is 0 Å². The van der Waals surface area contributed by atoms with Gasteiger partial charge >= 0.3 is 0 Å². The Balaban J connectivity index is 2.70. The SMILES string of the molecule is CCCC(C)C1(O)CCC(C)(C)CC1C. The normalized spacial score (nSPS) is 37.6. The summed E-state index contributed by atoms with van der Waals surface area (Å²) >= 11 is 0. The maximum Gasteiger partial charge on any atom is 0.0698 e. The van der Waals surface area contributed by atoms with Crippen LogP contribution in [0.25, 0.3) is 0 Å². The summed E-state index contributed by atoms with van der Waals surface area (Å²) in [7, 11) is 0. The van der Waals surface area contributed by atoms with Gasteiger partial charge in [-0.05, 0) is 42.9 Å². The van der Waals surface area contributed by atoms with Crippen LogP contribution in [-0.4, -0.2) is 10.7 Å². The van der Waals surface area contributed by atoms with Crippen molar-refractivity contribution in [3.63, 3.8) is 0 Å². The molecule has 1 saturated carbocycles. The van der Waals surface area contributed by atoms with Gasteiger partial charge in [-0.15, -0.1) is 0 Å². The highest BCUT2D eigenvalue weighted by Gasteiger charge is 2.45. The Labute approximate surface area is 95.3 Å². The first kappa shape index (κ1) is 13.0. The van der Waals surface area contributed by atoms with E-state index in [9.17, 15) is 5.11 Å². The van der Waals surface area contributed by atoms with Gasteiger partial charge in [-0.25, -0.2) is 0 Å². The second-order valence-electron chi connectivity index (χ2n) is 6.45. The highest BCUT2D eigenvalue weighted by molar-refractivity contribution is 4.96. The third kappa shape index (κ3) is 2.75. The quantitative estimate of drug-likeness (QED) is 0.749. The Morgan fingerprint density at radius 2 is 1.93 bits per heavy atom. The first-order valence-corrected chi connectivity index (χ1v) is 6.54. The zero-order valence-electron chi connectivity index (χ0n) is 11.1. The van der Waals surface area contributed by atoms with Crippen molar-refractivity contribution in [2.75, 3.05) is 0 Å². The molecule has 90 valence electrons. The Morgan fingerprint density at radius 1 is 1.33 bits per heavy atom. The van der Waals surface area contributed by atoms with Gasteiger partial charge in [-0.3, -0.25) is 0 Å². The summed E-state index contributed by atoms with van der Waals surface area (Å²) in [4.78, 5) is 0. The lowest BCUT2D eigenvalue weighted by molar-refractivity contribution is -0.109. The molecule has 1 aliphatic rings. The zero-order valence-corrected chi connectivity index (χ0v) is 11.1. The summed E-state index contributed by atoms with van der Waals surface area (Å²) in [5.41, 5.74) is 0.0309. The number of hydrogen-bond donors (Lipinski definition) is 1. The zero-order chi connectivity index (χ0) is 11.7. The maximum atomic E-state index is 10.8. The second kappa shape index (κ2) is 4.45. The summed E-state index contributed by atoms with van der Waals surface area (Å²) in [6.45, 7) is 11.3. The van der Waals surface area contributed by atoms with Gasteiger partial charge in [0.15, 0.2) is 0 Å². The second-order valence-corrected chi connectivity index (χ2v) is 6.45. The van der Waals surface area contributed by atoms with Crippen molar-refractivity contribution >= 4 is 0 Å². The Kier molecular flexibility index (Phi) is 3.86. The first-order valence-electron chi connectivity index (χ1n) is 6.54. The molecule has 1 heteroatoms. The summed E-state index contributed by atoms with van der Waals surface area (Å²) in [6.07, 6.45) is 5.66. The molecule has 1 fully saturated rings. The molecule has 1 rings (SSSR count). The van der Waals surface area contributed by atoms with E-state index < -0.39 is 5.60 Å². The van der Waals surface area contributed by atoms with E-state index in [1.165, 1.54) is 12.8 Å². The van der Waals surface area contributed by atoms with E-state index in [4.69, 9.17) is 0 Å². The van der Waals surface area contributed by atoms with E-state index in [1.807, 2.05) is 0 Å². The molecule has 0 aliphatic heterocycles. The molecular weight excluding hydrogens is 184 g/mol. The van der Waals surface area contributed by atoms with Crippen molar-refractivity contribution in [2.24, 2.45) is 17.3 Å². The van der Waals surface area contributed by atoms with Crippen LogP contribution >= 0.6 is 0 Å². The van der Waals surface area contributed by atoms with Crippen molar-refractivity contribution in [3.05, 3.63) is 0 Å². The van der Waals surface area contributed by atoms with E-state index in [-0.39, 0.29) is 0 Å². The van der Waals surface area contributed by atoms with E-state index >= 15 is 0 Å². The van der Waals surface area contributed by atoms with Crippen molar-refractivity contribution in [1.82, 2.24) is 0 Å². The van der Waals surface area contributed by atoms with Crippen LogP contribution in [-0.2, 0) is 0 Å². The van der Waals surface area contributed by atoms with E-state index in [0.29, 0.717) is 17.3 Å². The average Bonchev–Trinajstić information content (AvgIpc) is 2.12. The Hall–Kier alpha value is -0.0400. The summed E-state index contributed by atoms with van der Waals surface area (Å²) in [6, 6.07) is 0. The molecule has 3 atom stereocenters. The van der Waals surface area contributed by atoms with Gasteiger partial charge in [0.1, 0.15) is 0 Å². The Morgan fingerprint density at radius 3 is 2.40 bits per heavy atom. The highest BCUT2D eigenvalue weighted by atomic mass is 16.3. The lowest BCUT2D eigenvalue weighted by atomic mass is 9.61. The van der Waals surface area contributed by atoms with E-state index in [2.05, 4.69) is 34.6 Å². The highest BCUT2D eigenvalue weighted by Crippen LogP contribution is 2.47. The molecule has 1 nitrogen and oxygen atoms in total. The number of hydrogen-bond acceptors (Lipinski definition) is 1. The third-order valence-corrected chi connectivity index (χ3v) is 4.49. The minimum absolute atomic E-state index is 0.397. The van der Waals surface area contributed by atoms with Crippen molar-refractivity contribution in [1.29, 1.82) is 0 Å². The third-order valence-electron chi connectivity index (χ3n) is 4.49. The Bertz CT molecular complexity index is 209. The molecule has 15 heavy (non-hydrogen) atoms. The largest absolute Gasteiger partial charge is 0.389 e. The number of rotatable bonds is 3. The molecule has 0 aromatic heterocycles. The average molecular weight is 212 g/mol. The molecule has 1 aliphatic carbocycles. The minimum Gasteiger partial charge on any atom is -0.389 e. The van der Waals surface area contributed by atoms with Crippen molar-refractivity contribution in [3.8, 4) is 0 Å². The molecule has 0 saturated heterocycles. The van der Waals surface area contributed by atoms with Crippen LogP contribution in [0.15, 0.2) is 0 Å². The van der Waals surface area contributed by atoms with Crippen LogP contribution in [0.1, 0.15) is 66.7 Å². The van der Waals surface area contributed by atoms with Gasteiger partial charge < -0.3 is 5.11 Å². The van der Waals surface area contributed by atoms with Crippen LogP contribution in [0.3, 0.4) is 0 Å². The van der Waals surface area contributed by atoms with Gasteiger partial charge in [-0.1, -0.05) is 41.0 Å². The molecule has 0 heterocycles. The molecule has 0 radical (unpaired) electrons. The summed E-state index contributed by atoms with van der Waals surface area (Å²) in [5, 5.41) is 10.8. The van der Waals surface area contributed by atoms with Crippen LogP contribution in [0.5, 0.6) is 0 Å². The van der Waals surface area contributed by atoms with Gasteiger partial charge in [0.2, 0.25) is 0 Å². The lowest BCUT2D eigenvalue weighted by Crippen LogP contribution is -2.48. The molecule has 1 N–H and O–H groups in total. The molecular formula is C14H28O. The van der Waals surface area contributed by atoms with Crippen LogP contribution in [0.2, 0.25) is 0 Å². The van der Waals surface area contributed by atoms with Crippen molar-refractivity contribution in [2.45, 2.75) is 72.3 Å². The summed E-state index contributed by atoms with van der Waals surface area (Å²) < 4.78 is 0. The predicted molar refractivity (Wildman–Crippen MR) is 65.8 cm³/mol. The first-order chi connectivity index (χ1) is 6.82. The molecule has 0 aromatic rings. The smallest absolute Gasteiger partial charge is 0.0698 e. The van der Waals surface area contributed by atoms with Crippen LogP contribution < -0.4 is 0 Å². The summed E-state index contributed by atoms with van der Waals surface area (Å²) in [5.74, 6) is 0.899. The van der Waals surface area contributed by atoms with Gasteiger partial charge in [0.25, 0.3) is 0 Å². The lowest BCUT2D eigenvalue weighted by Gasteiger charge is -2.48. The van der Waals surface area contributed by atoms with Crippen molar-refractivity contribution < 1.29 is 5.11 Å². The van der Waals surface area contributed by atoms with E-state index in [0.717, 1.165) is 19.3 Å². The molecule has 3 unspecified atom stereocenters. The topological polar surface area (TPSA) is 20.2 Å². The molecule has 0 spiro atoms. The number of aliphatic hydroxyl groups is 1. The molecule has 0 amide bonds. The fourth-order valence-electron chi connectivity index (χ4n) is 3.31. The van der Waals surface area contributed by atoms with E-state index in [1.54, 1.807) is 0 Å². The van der Waals surface area contributed by atoms with Crippen LogP contribution in [0, 0.1) is 17.3 Å². The van der Waals surface area contributed by atoms with Gasteiger partial charge in [0.05, 0.1) is 5.60 Å². The molecule has 0 aromatic carbocycles. The standard InChI is InChI=1S/C14H28O/c1-6-7-11(2)14(15)9-8-13(4,5)10-12(14)3/h11-12,15H,6-10H2,1-5H3. The van der Waals surface area contributed by atoms with Crippen LogP contribution in [0.4, 0.5) is 0 Å². The fraction of sp³-hybridized carbons (Fsp3) is 1.00. The monoisotopic (exact) mass is 212 g/mol. The fourth-order valence-corrected chi connectivity index (χ4v) is 3.31. The molecule has 0 bridgehead atoms. The maximum absolute atomic E-state index is 10.8.